The molecule has 0 aromatic heterocycles. The van der Waals surface area contributed by atoms with Crippen LogP contribution in [0, 0.1) is 0 Å². The van der Waals surface area contributed by atoms with E-state index < -0.39 is 0 Å². The van der Waals surface area contributed by atoms with E-state index in [9.17, 15) is 9.59 Å². The van der Waals surface area contributed by atoms with Gasteiger partial charge >= 0.3 is 0 Å². The lowest BCUT2D eigenvalue weighted by Crippen LogP contribution is -2.48. The molecular formula is C25H31N3O2. The Kier molecular flexibility index (Phi) is 6.18. The van der Waals surface area contributed by atoms with Crippen molar-refractivity contribution in [3.05, 3.63) is 65.2 Å². The Morgan fingerprint density at radius 3 is 2.33 bits per heavy atom. The summed E-state index contributed by atoms with van der Waals surface area (Å²) in [5, 5.41) is 0. The highest BCUT2D eigenvalue weighted by atomic mass is 16.2. The molecule has 2 fully saturated rings. The summed E-state index contributed by atoms with van der Waals surface area (Å²) in [5.74, 6) is 0.759. The van der Waals surface area contributed by atoms with Gasteiger partial charge in [0, 0.05) is 56.9 Å². The largest absolute Gasteiger partial charge is 0.336 e. The lowest BCUT2D eigenvalue weighted by Gasteiger charge is -2.35. The molecule has 30 heavy (non-hydrogen) atoms. The Morgan fingerprint density at radius 1 is 0.967 bits per heavy atom. The highest BCUT2D eigenvalue weighted by Crippen LogP contribution is 2.23. The smallest absolute Gasteiger partial charge is 0.254 e. The zero-order valence-electron chi connectivity index (χ0n) is 18.0. The maximum absolute atomic E-state index is 13.0. The fraction of sp³-hybridized carbons (Fsp3) is 0.440. The molecule has 0 spiro atoms. The monoisotopic (exact) mass is 405 g/mol. The van der Waals surface area contributed by atoms with E-state index in [0.29, 0.717) is 17.9 Å². The van der Waals surface area contributed by atoms with Gasteiger partial charge in [0.15, 0.2) is 0 Å². The summed E-state index contributed by atoms with van der Waals surface area (Å²) in [6, 6.07) is 16.4. The van der Waals surface area contributed by atoms with Gasteiger partial charge in [0.1, 0.15) is 0 Å². The lowest BCUT2D eigenvalue weighted by atomic mass is 10.0. The highest BCUT2D eigenvalue weighted by Gasteiger charge is 2.25. The van der Waals surface area contributed by atoms with Crippen molar-refractivity contribution >= 4 is 17.5 Å². The van der Waals surface area contributed by atoms with E-state index in [1.165, 1.54) is 11.1 Å². The average Bonchev–Trinajstić information content (AvgIpc) is 3.20. The van der Waals surface area contributed by atoms with Gasteiger partial charge in [0.05, 0.1) is 0 Å². The highest BCUT2D eigenvalue weighted by molar-refractivity contribution is 5.99. The molecule has 158 valence electrons. The standard InChI is InChI=1S/C25H31N3O2/c1-19(2)21-10-8-20(9-11-21)18-26-13-15-27(16-14-26)25(30)22-5-3-6-23(17-22)28-12-4-7-24(28)29/h3,5-6,8-11,17,19H,4,7,12-16,18H2,1-2H3. The summed E-state index contributed by atoms with van der Waals surface area (Å²) < 4.78 is 0. The number of amides is 2. The second kappa shape index (κ2) is 9.00. The minimum absolute atomic E-state index is 0.0597. The third-order valence-electron chi connectivity index (χ3n) is 6.19. The van der Waals surface area contributed by atoms with Gasteiger partial charge in [0.2, 0.25) is 5.91 Å². The van der Waals surface area contributed by atoms with Crippen LogP contribution in [0.2, 0.25) is 0 Å². The van der Waals surface area contributed by atoms with Crippen molar-refractivity contribution in [2.24, 2.45) is 0 Å². The molecule has 0 saturated carbocycles. The van der Waals surface area contributed by atoms with Gasteiger partial charge in [-0.2, -0.15) is 0 Å². The zero-order valence-corrected chi connectivity index (χ0v) is 18.0. The number of nitrogens with zero attached hydrogens (tertiary/aromatic N) is 3. The van der Waals surface area contributed by atoms with Crippen LogP contribution in [0.1, 0.15) is 54.1 Å². The van der Waals surface area contributed by atoms with E-state index in [0.717, 1.165) is 51.4 Å². The normalized spacial score (nSPS) is 17.8. The molecule has 0 aliphatic carbocycles. The predicted molar refractivity (Wildman–Crippen MR) is 120 cm³/mol. The van der Waals surface area contributed by atoms with Crippen molar-refractivity contribution < 1.29 is 9.59 Å². The molecule has 0 N–H and O–H groups in total. The van der Waals surface area contributed by atoms with Crippen LogP contribution in [0.4, 0.5) is 5.69 Å². The fourth-order valence-corrected chi connectivity index (χ4v) is 4.29. The van der Waals surface area contributed by atoms with E-state index in [1.54, 1.807) is 4.90 Å². The molecule has 0 bridgehead atoms. The SMILES string of the molecule is CC(C)c1ccc(CN2CCN(C(=O)c3cccc(N4CCCC4=O)c3)CC2)cc1. The van der Waals surface area contributed by atoms with Crippen LogP contribution in [0.5, 0.6) is 0 Å². The minimum atomic E-state index is 0.0597. The molecule has 0 atom stereocenters. The second-order valence-electron chi connectivity index (χ2n) is 8.66. The molecule has 2 aliphatic heterocycles. The Hall–Kier alpha value is -2.66. The number of piperazine rings is 1. The number of rotatable bonds is 5. The zero-order chi connectivity index (χ0) is 21.1. The van der Waals surface area contributed by atoms with Gasteiger partial charge in [0.25, 0.3) is 5.91 Å². The fourth-order valence-electron chi connectivity index (χ4n) is 4.29. The molecular weight excluding hydrogens is 374 g/mol. The average molecular weight is 406 g/mol. The molecule has 0 radical (unpaired) electrons. The number of hydrogen-bond donors (Lipinski definition) is 0. The van der Waals surface area contributed by atoms with Crippen LogP contribution in [-0.4, -0.2) is 54.3 Å². The first-order valence-corrected chi connectivity index (χ1v) is 11.0. The first kappa shape index (κ1) is 20.6. The first-order chi connectivity index (χ1) is 14.5. The Bertz CT molecular complexity index is 899. The van der Waals surface area contributed by atoms with Crippen molar-refractivity contribution in [1.29, 1.82) is 0 Å². The molecule has 2 heterocycles. The summed E-state index contributed by atoms with van der Waals surface area (Å²) in [7, 11) is 0. The first-order valence-electron chi connectivity index (χ1n) is 11.0. The van der Waals surface area contributed by atoms with Crippen molar-refractivity contribution in [1.82, 2.24) is 9.80 Å². The van der Waals surface area contributed by atoms with Crippen LogP contribution in [0.3, 0.4) is 0 Å². The minimum Gasteiger partial charge on any atom is -0.336 e. The summed E-state index contributed by atoms with van der Waals surface area (Å²) in [4.78, 5) is 31.2. The van der Waals surface area contributed by atoms with Crippen molar-refractivity contribution in [2.75, 3.05) is 37.6 Å². The summed E-state index contributed by atoms with van der Waals surface area (Å²) in [5.41, 5.74) is 4.20. The molecule has 2 amide bonds. The van der Waals surface area contributed by atoms with Crippen LogP contribution in [-0.2, 0) is 11.3 Å². The van der Waals surface area contributed by atoms with Gasteiger partial charge < -0.3 is 9.80 Å². The molecule has 2 aliphatic rings. The Balaban J connectivity index is 1.34. The number of carbonyl (C=O) groups excluding carboxylic acids is 2. The van der Waals surface area contributed by atoms with E-state index in [2.05, 4.69) is 43.0 Å². The maximum atomic E-state index is 13.0. The van der Waals surface area contributed by atoms with E-state index in [1.807, 2.05) is 29.2 Å². The van der Waals surface area contributed by atoms with Gasteiger partial charge in [-0.3, -0.25) is 14.5 Å². The summed E-state index contributed by atoms with van der Waals surface area (Å²) in [6.07, 6.45) is 1.49. The topological polar surface area (TPSA) is 43.9 Å². The van der Waals surface area contributed by atoms with Crippen molar-refractivity contribution in [3.63, 3.8) is 0 Å². The van der Waals surface area contributed by atoms with Crippen LogP contribution < -0.4 is 4.90 Å². The second-order valence-corrected chi connectivity index (χ2v) is 8.66. The Morgan fingerprint density at radius 2 is 1.70 bits per heavy atom. The lowest BCUT2D eigenvalue weighted by molar-refractivity contribution is -0.117. The van der Waals surface area contributed by atoms with E-state index in [4.69, 9.17) is 0 Å². The van der Waals surface area contributed by atoms with Crippen LogP contribution in [0.25, 0.3) is 0 Å². The number of hydrogen-bond acceptors (Lipinski definition) is 3. The summed E-state index contributed by atoms with van der Waals surface area (Å²) in [6.45, 7) is 9.31. The summed E-state index contributed by atoms with van der Waals surface area (Å²) >= 11 is 0. The van der Waals surface area contributed by atoms with E-state index >= 15 is 0 Å². The Labute approximate surface area is 179 Å². The number of carbonyl (C=O) groups is 2. The molecule has 5 heteroatoms. The number of anilines is 1. The molecule has 4 rings (SSSR count). The van der Waals surface area contributed by atoms with Crippen LogP contribution >= 0.6 is 0 Å². The number of benzene rings is 2. The van der Waals surface area contributed by atoms with Gasteiger partial charge in [-0.25, -0.2) is 0 Å². The van der Waals surface area contributed by atoms with Crippen LogP contribution in [0.15, 0.2) is 48.5 Å². The maximum Gasteiger partial charge on any atom is 0.254 e. The quantitative estimate of drug-likeness (QED) is 0.758. The van der Waals surface area contributed by atoms with Gasteiger partial charge in [-0.05, 0) is 41.7 Å². The molecule has 2 aromatic rings. The molecule has 2 aromatic carbocycles. The van der Waals surface area contributed by atoms with Gasteiger partial charge in [-0.1, -0.05) is 44.2 Å². The van der Waals surface area contributed by atoms with Crippen molar-refractivity contribution in [2.45, 2.75) is 39.2 Å². The van der Waals surface area contributed by atoms with E-state index in [-0.39, 0.29) is 11.8 Å². The molecule has 0 unspecified atom stereocenters. The molecule has 5 nitrogen and oxygen atoms in total. The van der Waals surface area contributed by atoms with Gasteiger partial charge in [-0.15, -0.1) is 0 Å². The predicted octanol–water partition coefficient (Wildman–Crippen LogP) is 3.89. The molecule has 2 saturated heterocycles. The third kappa shape index (κ3) is 4.57. The third-order valence-corrected chi connectivity index (χ3v) is 6.19. The van der Waals surface area contributed by atoms with Crippen molar-refractivity contribution in [3.8, 4) is 0 Å².